The minimum atomic E-state index is -4.41. The zero-order valence-electron chi connectivity index (χ0n) is 16.7. The van der Waals surface area contributed by atoms with E-state index in [2.05, 4.69) is 9.80 Å². The SMILES string of the molecule is NC(=O)c1ccc(N2CCN(CCCCOc3ccccc3C(F)(F)F)CC2)cc1. The average molecular weight is 421 g/mol. The molecule has 1 amide bonds. The third-order valence-corrected chi connectivity index (χ3v) is 5.21. The van der Waals surface area contributed by atoms with Crippen LogP contribution in [0.2, 0.25) is 0 Å². The Morgan fingerprint density at radius 3 is 2.27 bits per heavy atom. The van der Waals surface area contributed by atoms with Gasteiger partial charge in [-0.05, 0) is 55.8 Å². The number of para-hydroxylation sites is 1. The van der Waals surface area contributed by atoms with Crippen molar-refractivity contribution in [3.05, 3.63) is 59.7 Å². The van der Waals surface area contributed by atoms with E-state index in [4.69, 9.17) is 10.5 Å². The number of alkyl halides is 3. The number of benzene rings is 2. The molecule has 0 aliphatic carbocycles. The molecule has 0 saturated carbocycles. The fraction of sp³-hybridized carbons (Fsp3) is 0.409. The van der Waals surface area contributed by atoms with E-state index in [1.807, 2.05) is 12.1 Å². The maximum absolute atomic E-state index is 13.0. The van der Waals surface area contributed by atoms with Crippen LogP contribution in [0.15, 0.2) is 48.5 Å². The number of rotatable bonds is 8. The second-order valence-corrected chi connectivity index (χ2v) is 7.29. The van der Waals surface area contributed by atoms with Crippen molar-refractivity contribution in [3.8, 4) is 5.75 Å². The van der Waals surface area contributed by atoms with Gasteiger partial charge in [-0.2, -0.15) is 13.2 Å². The van der Waals surface area contributed by atoms with Gasteiger partial charge in [-0.25, -0.2) is 0 Å². The molecule has 0 atom stereocenters. The van der Waals surface area contributed by atoms with Crippen molar-refractivity contribution in [2.75, 3.05) is 44.2 Å². The predicted octanol–water partition coefficient (Wildman–Crippen LogP) is 3.79. The van der Waals surface area contributed by atoms with Gasteiger partial charge < -0.3 is 15.4 Å². The largest absolute Gasteiger partial charge is 0.493 e. The molecule has 1 heterocycles. The van der Waals surface area contributed by atoms with E-state index < -0.39 is 17.6 Å². The molecule has 0 aromatic heterocycles. The van der Waals surface area contributed by atoms with Crippen molar-refractivity contribution in [2.45, 2.75) is 19.0 Å². The van der Waals surface area contributed by atoms with Crippen molar-refractivity contribution < 1.29 is 22.7 Å². The van der Waals surface area contributed by atoms with Crippen LogP contribution in [0.5, 0.6) is 5.75 Å². The third kappa shape index (κ3) is 5.89. The van der Waals surface area contributed by atoms with Crippen LogP contribution in [-0.2, 0) is 6.18 Å². The van der Waals surface area contributed by atoms with Gasteiger partial charge in [0.25, 0.3) is 0 Å². The molecule has 0 spiro atoms. The number of hydrogen-bond acceptors (Lipinski definition) is 4. The summed E-state index contributed by atoms with van der Waals surface area (Å²) in [6.07, 6.45) is -2.85. The predicted molar refractivity (Wildman–Crippen MR) is 110 cm³/mol. The minimum Gasteiger partial charge on any atom is -0.493 e. The van der Waals surface area contributed by atoms with Crippen LogP contribution in [0.3, 0.4) is 0 Å². The van der Waals surface area contributed by atoms with Crippen LogP contribution in [-0.4, -0.2) is 50.1 Å². The number of amides is 1. The molecule has 2 N–H and O–H groups in total. The summed E-state index contributed by atoms with van der Waals surface area (Å²) in [6, 6.07) is 12.6. The molecule has 30 heavy (non-hydrogen) atoms. The lowest BCUT2D eigenvalue weighted by Crippen LogP contribution is -2.46. The van der Waals surface area contributed by atoms with Gasteiger partial charge >= 0.3 is 6.18 Å². The number of carbonyl (C=O) groups is 1. The fourth-order valence-corrected chi connectivity index (χ4v) is 3.51. The Balaban J connectivity index is 1.36. The molecule has 1 saturated heterocycles. The van der Waals surface area contributed by atoms with Gasteiger partial charge in [0.15, 0.2) is 0 Å². The van der Waals surface area contributed by atoms with Gasteiger partial charge in [0.2, 0.25) is 5.91 Å². The lowest BCUT2D eigenvalue weighted by Gasteiger charge is -2.36. The maximum atomic E-state index is 13.0. The second kappa shape index (κ2) is 9.84. The van der Waals surface area contributed by atoms with Gasteiger partial charge in [-0.3, -0.25) is 9.69 Å². The van der Waals surface area contributed by atoms with Crippen LogP contribution in [0.1, 0.15) is 28.8 Å². The number of halogens is 3. The summed E-state index contributed by atoms with van der Waals surface area (Å²) in [7, 11) is 0. The van der Waals surface area contributed by atoms with Gasteiger partial charge in [0, 0.05) is 37.4 Å². The van der Waals surface area contributed by atoms with E-state index in [9.17, 15) is 18.0 Å². The summed E-state index contributed by atoms with van der Waals surface area (Å²) >= 11 is 0. The topological polar surface area (TPSA) is 58.8 Å². The summed E-state index contributed by atoms with van der Waals surface area (Å²) in [5.74, 6) is -0.543. The van der Waals surface area contributed by atoms with Gasteiger partial charge in [-0.15, -0.1) is 0 Å². The van der Waals surface area contributed by atoms with Crippen molar-refractivity contribution in [3.63, 3.8) is 0 Å². The first-order chi connectivity index (χ1) is 14.3. The molecule has 3 rings (SSSR count). The van der Waals surface area contributed by atoms with Crippen molar-refractivity contribution in [1.29, 1.82) is 0 Å². The van der Waals surface area contributed by atoms with Crippen LogP contribution >= 0.6 is 0 Å². The molecule has 0 radical (unpaired) electrons. The molecule has 1 aliphatic heterocycles. The quantitative estimate of drug-likeness (QED) is 0.659. The Kier molecular flexibility index (Phi) is 7.20. The van der Waals surface area contributed by atoms with E-state index in [-0.39, 0.29) is 12.4 Å². The fourth-order valence-electron chi connectivity index (χ4n) is 3.51. The number of nitrogens with two attached hydrogens (primary N) is 1. The molecule has 1 aliphatic rings. The first-order valence-corrected chi connectivity index (χ1v) is 10.0. The molecule has 5 nitrogen and oxygen atoms in total. The number of piperazine rings is 1. The number of unbranched alkanes of at least 4 members (excludes halogenated alkanes) is 1. The zero-order chi connectivity index (χ0) is 21.6. The summed E-state index contributed by atoms with van der Waals surface area (Å²) in [6.45, 7) is 4.74. The standard InChI is InChI=1S/C22H26F3N3O2/c23-22(24,25)19-5-1-2-6-20(19)30-16-4-3-11-27-12-14-28(15-13-27)18-9-7-17(8-10-18)21(26)29/h1-2,5-10H,3-4,11-16H2,(H2,26,29). The number of primary amides is 1. The van der Waals surface area contributed by atoms with Crippen LogP contribution in [0.25, 0.3) is 0 Å². The smallest absolute Gasteiger partial charge is 0.419 e. The molecular weight excluding hydrogens is 395 g/mol. The molecule has 1 fully saturated rings. The highest BCUT2D eigenvalue weighted by atomic mass is 19.4. The first-order valence-electron chi connectivity index (χ1n) is 10.0. The van der Waals surface area contributed by atoms with Gasteiger partial charge in [0.1, 0.15) is 5.75 Å². The van der Waals surface area contributed by atoms with Crippen molar-refractivity contribution >= 4 is 11.6 Å². The van der Waals surface area contributed by atoms with Crippen LogP contribution in [0.4, 0.5) is 18.9 Å². The van der Waals surface area contributed by atoms with Gasteiger partial charge in [0.05, 0.1) is 12.2 Å². The Bertz CT molecular complexity index is 832. The Labute approximate surface area is 174 Å². The number of nitrogens with zero attached hydrogens (tertiary/aromatic N) is 2. The Morgan fingerprint density at radius 1 is 0.967 bits per heavy atom. The Hall–Kier alpha value is -2.74. The molecule has 162 valence electrons. The number of hydrogen-bond donors (Lipinski definition) is 1. The van der Waals surface area contributed by atoms with Crippen molar-refractivity contribution in [2.24, 2.45) is 5.73 Å². The first kappa shape index (κ1) is 22.0. The Morgan fingerprint density at radius 2 is 1.63 bits per heavy atom. The van der Waals surface area contributed by atoms with E-state index >= 15 is 0 Å². The van der Waals surface area contributed by atoms with Gasteiger partial charge in [-0.1, -0.05) is 12.1 Å². The second-order valence-electron chi connectivity index (χ2n) is 7.29. The summed E-state index contributed by atoms with van der Waals surface area (Å²) in [5, 5.41) is 0. The lowest BCUT2D eigenvalue weighted by molar-refractivity contribution is -0.138. The molecule has 2 aromatic carbocycles. The van der Waals surface area contributed by atoms with Crippen molar-refractivity contribution in [1.82, 2.24) is 4.90 Å². The zero-order valence-corrected chi connectivity index (χ0v) is 16.7. The van der Waals surface area contributed by atoms with Crippen LogP contribution in [0, 0.1) is 0 Å². The average Bonchev–Trinajstić information content (AvgIpc) is 2.73. The molecule has 2 aromatic rings. The summed E-state index contributed by atoms with van der Waals surface area (Å²) in [4.78, 5) is 15.8. The summed E-state index contributed by atoms with van der Waals surface area (Å²) in [5.41, 5.74) is 6.10. The molecular formula is C22H26F3N3O2. The summed E-state index contributed by atoms with van der Waals surface area (Å²) < 4.78 is 44.3. The highest BCUT2D eigenvalue weighted by Crippen LogP contribution is 2.35. The van der Waals surface area contributed by atoms with Crippen LogP contribution < -0.4 is 15.4 Å². The number of ether oxygens (including phenoxy) is 1. The highest BCUT2D eigenvalue weighted by Gasteiger charge is 2.33. The molecule has 8 heteroatoms. The molecule has 0 bridgehead atoms. The molecule has 0 unspecified atom stereocenters. The number of carbonyl (C=O) groups excluding carboxylic acids is 1. The number of anilines is 1. The third-order valence-electron chi connectivity index (χ3n) is 5.21. The maximum Gasteiger partial charge on any atom is 0.419 e. The minimum absolute atomic E-state index is 0.110. The normalized spacial score (nSPS) is 15.2. The van der Waals surface area contributed by atoms with E-state index in [0.717, 1.165) is 50.9 Å². The van der Waals surface area contributed by atoms with E-state index in [0.29, 0.717) is 12.0 Å². The monoisotopic (exact) mass is 421 g/mol. The van der Waals surface area contributed by atoms with E-state index in [1.165, 1.54) is 12.1 Å². The van der Waals surface area contributed by atoms with E-state index in [1.54, 1.807) is 18.2 Å². The highest BCUT2D eigenvalue weighted by molar-refractivity contribution is 5.93. The lowest BCUT2D eigenvalue weighted by atomic mass is 10.1.